The highest BCUT2D eigenvalue weighted by Crippen LogP contribution is 2.31. The van der Waals surface area contributed by atoms with Crippen LogP contribution in [-0.4, -0.2) is 35.5 Å². The number of carboxylic acid groups (broad SMARTS) is 1. The summed E-state index contributed by atoms with van der Waals surface area (Å²) in [6, 6.07) is 27.6. The molecule has 2 amide bonds. The summed E-state index contributed by atoms with van der Waals surface area (Å²) in [5.74, 6) is -2.09. The van der Waals surface area contributed by atoms with Crippen molar-refractivity contribution in [3.63, 3.8) is 0 Å². The highest BCUT2D eigenvalue weighted by Gasteiger charge is 2.30. The Morgan fingerprint density at radius 2 is 1.33 bits per heavy atom. The molecule has 0 fully saturated rings. The van der Waals surface area contributed by atoms with Gasteiger partial charge in [0.2, 0.25) is 5.91 Å². The lowest BCUT2D eigenvalue weighted by Gasteiger charge is -2.18. The number of carbonyl (C=O) groups excluding carboxylic acids is 2. The van der Waals surface area contributed by atoms with E-state index >= 15 is 0 Å². The van der Waals surface area contributed by atoms with Crippen molar-refractivity contribution in [2.45, 2.75) is 31.5 Å². The van der Waals surface area contributed by atoms with E-state index in [0.717, 1.165) is 34.4 Å². The number of rotatable bonds is 11. The molecule has 0 aliphatic carbocycles. The Morgan fingerprint density at radius 1 is 0.738 bits per heavy atom. The third-order valence-electron chi connectivity index (χ3n) is 6.71. The molecule has 0 spiro atoms. The molecule has 9 heteroatoms. The number of halogens is 3. The maximum Gasteiger partial charge on any atom is 0.416 e. The van der Waals surface area contributed by atoms with Crippen LogP contribution in [0.3, 0.4) is 0 Å². The van der Waals surface area contributed by atoms with E-state index in [0.29, 0.717) is 17.5 Å². The van der Waals surface area contributed by atoms with Crippen LogP contribution in [0.1, 0.15) is 34.3 Å². The number of hydrogen-bond acceptors (Lipinski definition) is 3. The van der Waals surface area contributed by atoms with E-state index < -0.39 is 35.6 Å². The Bertz CT molecular complexity index is 1520. The van der Waals surface area contributed by atoms with Gasteiger partial charge in [0, 0.05) is 18.5 Å². The molecule has 1 atom stereocenters. The molecule has 0 aliphatic heterocycles. The number of nitrogens with one attached hydrogen (secondary N) is 2. The second kappa shape index (κ2) is 13.6. The zero-order valence-electron chi connectivity index (χ0n) is 22.5. The first kappa shape index (κ1) is 30.0. The second-order valence-electron chi connectivity index (χ2n) is 9.72. The molecule has 0 unspecified atom stereocenters. The van der Waals surface area contributed by atoms with Crippen LogP contribution in [-0.2, 0) is 22.2 Å². The van der Waals surface area contributed by atoms with Crippen LogP contribution >= 0.6 is 0 Å². The normalized spacial score (nSPS) is 11.9. The molecule has 3 N–H and O–H groups in total. The van der Waals surface area contributed by atoms with Crippen LogP contribution in [0.4, 0.5) is 13.2 Å². The molecule has 0 heterocycles. The fourth-order valence-electron chi connectivity index (χ4n) is 4.43. The Hall–Kier alpha value is -4.92. The third kappa shape index (κ3) is 8.30. The molecular formula is C33H29F3N2O4. The summed E-state index contributed by atoms with van der Waals surface area (Å²) in [4.78, 5) is 37.0. The van der Waals surface area contributed by atoms with Gasteiger partial charge in [0.15, 0.2) is 0 Å². The average Bonchev–Trinajstić information content (AvgIpc) is 2.99. The number of hydrogen-bond donors (Lipinski definition) is 3. The lowest BCUT2D eigenvalue weighted by molar-refractivity contribution is -0.138. The minimum absolute atomic E-state index is 0.0849. The molecule has 0 saturated carbocycles. The average molecular weight is 575 g/mol. The van der Waals surface area contributed by atoms with Gasteiger partial charge in [-0.1, -0.05) is 78.9 Å². The lowest BCUT2D eigenvalue weighted by Crippen LogP contribution is -2.47. The van der Waals surface area contributed by atoms with E-state index in [1.54, 1.807) is 36.4 Å². The summed E-state index contributed by atoms with van der Waals surface area (Å²) in [5, 5.41) is 14.5. The zero-order valence-corrected chi connectivity index (χ0v) is 22.5. The number of alkyl halides is 3. The number of aliphatic carboxylic acids is 1. The summed E-state index contributed by atoms with van der Waals surface area (Å²) >= 11 is 0. The van der Waals surface area contributed by atoms with Crippen molar-refractivity contribution >= 4 is 17.8 Å². The van der Waals surface area contributed by atoms with Crippen LogP contribution in [0.15, 0.2) is 103 Å². The fourth-order valence-corrected chi connectivity index (χ4v) is 4.43. The van der Waals surface area contributed by atoms with E-state index in [-0.39, 0.29) is 19.4 Å². The molecule has 0 saturated heterocycles. The first-order valence-corrected chi connectivity index (χ1v) is 13.3. The molecule has 4 rings (SSSR count). The fraction of sp³-hybridized carbons (Fsp3) is 0.182. The van der Waals surface area contributed by atoms with Gasteiger partial charge in [0.05, 0.1) is 5.56 Å². The summed E-state index contributed by atoms with van der Waals surface area (Å²) in [6.45, 7) is 0.209. The summed E-state index contributed by atoms with van der Waals surface area (Å²) in [5.41, 5.74) is 3.74. The second-order valence-corrected chi connectivity index (χ2v) is 9.72. The topological polar surface area (TPSA) is 95.5 Å². The van der Waals surface area contributed by atoms with E-state index in [4.69, 9.17) is 5.11 Å². The van der Waals surface area contributed by atoms with Crippen LogP contribution in [0.2, 0.25) is 0 Å². The quantitative estimate of drug-likeness (QED) is 0.194. The van der Waals surface area contributed by atoms with Crippen LogP contribution < -0.4 is 10.6 Å². The van der Waals surface area contributed by atoms with Gasteiger partial charge >= 0.3 is 12.1 Å². The molecule has 216 valence electrons. The minimum Gasteiger partial charge on any atom is -0.481 e. The third-order valence-corrected chi connectivity index (χ3v) is 6.71. The number of carbonyl (C=O) groups is 3. The number of carboxylic acids is 1. The summed E-state index contributed by atoms with van der Waals surface area (Å²) < 4.78 is 38.6. The van der Waals surface area contributed by atoms with Gasteiger partial charge in [-0.25, -0.2) is 0 Å². The van der Waals surface area contributed by atoms with Gasteiger partial charge in [0.25, 0.3) is 5.91 Å². The van der Waals surface area contributed by atoms with Crippen molar-refractivity contribution in [1.82, 2.24) is 10.6 Å². The van der Waals surface area contributed by atoms with Gasteiger partial charge in [-0.3, -0.25) is 14.4 Å². The van der Waals surface area contributed by atoms with Crippen molar-refractivity contribution in [1.29, 1.82) is 0 Å². The predicted molar refractivity (Wildman–Crippen MR) is 154 cm³/mol. The molecule has 42 heavy (non-hydrogen) atoms. The van der Waals surface area contributed by atoms with Gasteiger partial charge < -0.3 is 15.7 Å². The van der Waals surface area contributed by atoms with Crippen LogP contribution in [0.25, 0.3) is 22.3 Å². The molecular weight excluding hydrogens is 545 g/mol. The van der Waals surface area contributed by atoms with Crippen molar-refractivity contribution in [3.8, 4) is 22.3 Å². The monoisotopic (exact) mass is 574 g/mol. The maximum atomic E-state index is 12.9. The SMILES string of the molecule is O=C(O)CC[C@H](NC(=O)c1ccc(-c2ccccc2)cc1)C(=O)NCCc1cccc(-c2ccc(C(F)(F)F)cc2)c1. The first-order chi connectivity index (χ1) is 20.1. The largest absolute Gasteiger partial charge is 0.481 e. The Morgan fingerprint density at radius 3 is 1.98 bits per heavy atom. The van der Waals surface area contributed by atoms with Crippen LogP contribution in [0, 0.1) is 0 Å². The first-order valence-electron chi connectivity index (χ1n) is 13.3. The van der Waals surface area contributed by atoms with Crippen molar-refractivity contribution in [2.75, 3.05) is 6.54 Å². The van der Waals surface area contributed by atoms with Crippen molar-refractivity contribution in [2.24, 2.45) is 0 Å². The Balaban J connectivity index is 1.36. The highest BCUT2D eigenvalue weighted by molar-refractivity contribution is 5.98. The zero-order chi connectivity index (χ0) is 30.1. The molecule has 4 aromatic rings. The molecule has 6 nitrogen and oxygen atoms in total. The van der Waals surface area contributed by atoms with Gasteiger partial charge in [-0.15, -0.1) is 0 Å². The van der Waals surface area contributed by atoms with E-state index in [2.05, 4.69) is 10.6 Å². The summed E-state index contributed by atoms with van der Waals surface area (Å²) in [6.07, 6.45) is -4.38. The van der Waals surface area contributed by atoms with Gasteiger partial charge in [-0.2, -0.15) is 13.2 Å². The van der Waals surface area contributed by atoms with Gasteiger partial charge in [0.1, 0.15) is 6.04 Å². The van der Waals surface area contributed by atoms with E-state index in [9.17, 15) is 27.6 Å². The van der Waals surface area contributed by atoms with E-state index in [1.165, 1.54) is 12.1 Å². The number of amides is 2. The molecule has 4 aromatic carbocycles. The van der Waals surface area contributed by atoms with Crippen molar-refractivity contribution in [3.05, 3.63) is 120 Å². The minimum atomic E-state index is -4.41. The molecule has 0 aromatic heterocycles. The van der Waals surface area contributed by atoms with Crippen LogP contribution in [0.5, 0.6) is 0 Å². The smallest absolute Gasteiger partial charge is 0.416 e. The van der Waals surface area contributed by atoms with E-state index in [1.807, 2.05) is 42.5 Å². The highest BCUT2D eigenvalue weighted by atomic mass is 19.4. The van der Waals surface area contributed by atoms with Gasteiger partial charge in [-0.05, 0) is 64.9 Å². The number of benzene rings is 4. The lowest BCUT2D eigenvalue weighted by atomic mass is 10.0. The maximum absolute atomic E-state index is 12.9. The Kier molecular flexibility index (Phi) is 9.75. The van der Waals surface area contributed by atoms with Crippen molar-refractivity contribution < 1.29 is 32.7 Å². The molecule has 0 bridgehead atoms. The Labute approximate surface area is 241 Å². The predicted octanol–water partition coefficient (Wildman–Crippen LogP) is 6.36. The molecule has 0 aliphatic rings. The summed E-state index contributed by atoms with van der Waals surface area (Å²) in [7, 11) is 0. The molecule has 0 radical (unpaired) electrons. The standard InChI is InChI=1S/C33H29F3N2O4/c34-33(35,36)28-15-13-25(14-16-28)27-8-4-5-22(21-27)19-20-37-32(42)29(17-18-30(39)40)38-31(41)26-11-9-24(10-12-26)23-6-2-1-3-7-23/h1-16,21,29H,17-20H2,(H,37,42)(H,38,41)(H,39,40)/t29-/m0/s1.